The molecule has 3 aromatic carbocycles. The average molecular weight is 476 g/mol. The normalized spacial score (nSPS) is 12.5. The van der Waals surface area contributed by atoms with Crippen molar-refractivity contribution < 1.29 is 14.3 Å². The van der Waals surface area contributed by atoms with Gasteiger partial charge in [0, 0.05) is 0 Å². The Bertz CT molecular complexity index is 958. The standard InChI is InChI=1S/C29H34NO3P/c1-24(29(32)30-2)23-33-28(31)21-13-6-14-22-34(25-15-7-3-8-16-25,26-17-9-4-10-18-26)27-19-11-5-12-20-27/h3-5,7-12,15-20,24,34H,2,6,13-14,21-23H2,1H3. The number of unbranched alkanes of at least 4 members (excludes halogenated alkanes) is 2. The van der Waals surface area contributed by atoms with Gasteiger partial charge in [-0.05, 0) is 0 Å². The molecule has 0 spiro atoms. The number of rotatable bonds is 12. The third-order valence-corrected chi connectivity index (χ3v) is 11.4. The van der Waals surface area contributed by atoms with Crippen LogP contribution in [0.3, 0.4) is 0 Å². The maximum absolute atomic E-state index is 12.1. The van der Waals surface area contributed by atoms with E-state index in [1.54, 1.807) is 6.92 Å². The summed E-state index contributed by atoms with van der Waals surface area (Å²) in [6.07, 6.45) is 4.16. The SMILES string of the molecule is C=NC(=O)C(C)COC(=O)CCCCC[PH](c1ccccc1)(c1ccccc1)c1ccccc1. The van der Waals surface area contributed by atoms with Crippen LogP contribution < -0.4 is 15.9 Å². The molecule has 34 heavy (non-hydrogen) atoms. The van der Waals surface area contributed by atoms with Gasteiger partial charge in [0.15, 0.2) is 0 Å². The first-order valence-electron chi connectivity index (χ1n) is 11.9. The quantitative estimate of drug-likeness (QED) is 0.165. The molecular formula is C29H34NO3P. The molecule has 3 aromatic rings. The van der Waals surface area contributed by atoms with Crippen molar-refractivity contribution in [2.24, 2.45) is 10.9 Å². The topological polar surface area (TPSA) is 55.7 Å². The van der Waals surface area contributed by atoms with Gasteiger partial charge in [-0.15, -0.1) is 0 Å². The molecule has 0 saturated heterocycles. The molecule has 1 unspecified atom stereocenters. The summed E-state index contributed by atoms with van der Waals surface area (Å²) in [6, 6.07) is 32.6. The summed E-state index contributed by atoms with van der Waals surface area (Å²) in [7, 11) is -2.22. The van der Waals surface area contributed by atoms with Gasteiger partial charge in [-0.2, -0.15) is 0 Å². The third kappa shape index (κ3) is 6.48. The van der Waals surface area contributed by atoms with Crippen molar-refractivity contribution in [2.45, 2.75) is 32.6 Å². The van der Waals surface area contributed by atoms with E-state index >= 15 is 0 Å². The van der Waals surface area contributed by atoms with Crippen LogP contribution in [0, 0.1) is 5.92 Å². The molecule has 0 fully saturated rings. The molecule has 0 aliphatic heterocycles. The minimum absolute atomic E-state index is 0.0583. The molecule has 0 aliphatic carbocycles. The molecule has 0 N–H and O–H groups in total. The van der Waals surface area contributed by atoms with E-state index in [0.29, 0.717) is 6.42 Å². The van der Waals surface area contributed by atoms with Crippen molar-refractivity contribution in [3.63, 3.8) is 0 Å². The van der Waals surface area contributed by atoms with Crippen molar-refractivity contribution in [2.75, 3.05) is 12.8 Å². The maximum atomic E-state index is 12.1. The molecule has 0 bridgehead atoms. The Morgan fingerprint density at radius 3 is 1.71 bits per heavy atom. The Morgan fingerprint density at radius 2 is 1.26 bits per heavy atom. The van der Waals surface area contributed by atoms with Gasteiger partial charge in [0.05, 0.1) is 0 Å². The molecule has 1 atom stereocenters. The Balaban J connectivity index is 1.70. The zero-order valence-corrected chi connectivity index (χ0v) is 20.9. The Hall–Kier alpha value is -3.10. The number of amides is 1. The van der Waals surface area contributed by atoms with Gasteiger partial charge in [-0.25, -0.2) is 0 Å². The molecule has 0 radical (unpaired) electrons. The second-order valence-electron chi connectivity index (χ2n) is 8.64. The van der Waals surface area contributed by atoms with Gasteiger partial charge in [-0.1, -0.05) is 0 Å². The number of nitrogens with zero attached hydrogens (tertiary/aromatic N) is 1. The predicted octanol–water partition coefficient (Wildman–Crippen LogP) is 4.68. The van der Waals surface area contributed by atoms with Crippen LogP contribution in [0.25, 0.3) is 0 Å². The van der Waals surface area contributed by atoms with E-state index in [4.69, 9.17) is 4.74 Å². The van der Waals surface area contributed by atoms with E-state index < -0.39 is 13.2 Å². The van der Waals surface area contributed by atoms with Crippen LogP contribution >= 0.6 is 7.26 Å². The van der Waals surface area contributed by atoms with E-state index in [9.17, 15) is 9.59 Å². The van der Waals surface area contributed by atoms with Crippen LogP contribution in [-0.4, -0.2) is 31.4 Å². The fraction of sp³-hybridized carbons (Fsp3) is 0.276. The van der Waals surface area contributed by atoms with Crippen molar-refractivity contribution >= 4 is 41.8 Å². The molecule has 0 heterocycles. The van der Waals surface area contributed by atoms with Crippen LogP contribution in [0.15, 0.2) is 96.0 Å². The average Bonchev–Trinajstić information content (AvgIpc) is 2.90. The van der Waals surface area contributed by atoms with Crippen LogP contribution in [0.5, 0.6) is 0 Å². The summed E-state index contributed by atoms with van der Waals surface area (Å²) in [5, 5.41) is 4.21. The molecule has 178 valence electrons. The van der Waals surface area contributed by atoms with Crippen molar-refractivity contribution in [1.29, 1.82) is 0 Å². The molecule has 1 amide bonds. The molecule has 5 heteroatoms. The van der Waals surface area contributed by atoms with E-state index in [0.717, 1.165) is 25.4 Å². The Labute approximate surface area is 203 Å². The molecule has 0 saturated carbocycles. The van der Waals surface area contributed by atoms with Gasteiger partial charge in [0.25, 0.3) is 0 Å². The van der Waals surface area contributed by atoms with Gasteiger partial charge >= 0.3 is 203 Å². The van der Waals surface area contributed by atoms with Crippen LogP contribution in [0.4, 0.5) is 0 Å². The number of hydrogen-bond acceptors (Lipinski definition) is 3. The molecule has 0 aromatic heterocycles. The summed E-state index contributed by atoms with van der Waals surface area (Å²) in [6.45, 7) is 4.97. The fourth-order valence-electron chi connectivity index (χ4n) is 4.45. The summed E-state index contributed by atoms with van der Waals surface area (Å²) in [4.78, 5) is 26.9. The summed E-state index contributed by atoms with van der Waals surface area (Å²) in [5.41, 5.74) is 0. The summed E-state index contributed by atoms with van der Waals surface area (Å²) in [5.74, 6) is -1.06. The number of aliphatic imine (C=N–C) groups is 1. The second kappa shape index (κ2) is 13.0. The van der Waals surface area contributed by atoms with Gasteiger partial charge in [-0.3, -0.25) is 0 Å². The third-order valence-electron chi connectivity index (χ3n) is 6.30. The molecular weight excluding hydrogens is 441 g/mol. The van der Waals surface area contributed by atoms with Crippen LogP contribution in [-0.2, 0) is 14.3 Å². The Morgan fingerprint density at radius 1 is 0.794 bits per heavy atom. The minimum atomic E-state index is -2.22. The predicted molar refractivity (Wildman–Crippen MR) is 145 cm³/mol. The van der Waals surface area contributed by atoms with Gasteiger partial charge < -0.3 is 0 Å². The van der Waals surface area contributed by atoms with E-state index in [1.807, 2.05) is 0 Å². The number of ether oxygens (including phenoxy) is 1. The monoisotopic (exact) mass is 475 g/mol. The van der Waals surface area contributed by atoms with E-state index in [2.05, 4.69) is 103 Å². The van der Waals surface area contributed by atoms with Crippen LogP contribution in [0.1, 0.15) is 32.6 Å². The second-order valence-corrected chi connectivity index (χ2v) is 12.7. The summed E-state index contributed by atoms with van der Waals surface area (Å²) < 4.78 is 5.24. The number of carbonyl (C=O) groups excluding carboxylic acids is 2. The van der Waals surface area contributed by atoms with Gasteiger partial charge in [0.2, 0.25) is 0 Å². The van der Waals surface area contributed by atoms with Crippen molar-refractivity contribution in [1.82, 2.24) is 0 Å². The fourth-order valence-corrected chi connectivity index (χ4v) is 9.39. The molecule has 4 nitrogen and oxygen atoms in total. The number of hydrogen-bond donors (Lipinski definition) is 0. The molecule has 3 rings (SSSR count). The number of esters is 1. The zero-order chi connectivity index (χ0) is 24.2. The number of carbonyl (C=O) groups is 2. The number of benzene rings is 3. The first-order chi connectivity index (χ1) is 16.6. The van der Waals surface area contributed by atoms with Gasteiger partial charge in [0.1, 0.15) is 0 Å². The van der Waals surface area contributed by atoms with Crippen LogP contribution in [0.2, 0.25) is 0 Å². The van der Waals surface area contributed by atoms with E-state index in [1.165, 1.54) is 15.9 Å². The first-order valence-corrected chi connectivity index (χ1v) is 14.1. The van der Waals surface area contributed by atoms with E-state index in [-0.39, 0.29) is 18.5 Å². The zero-order valence-electron chi connectivity index (χ0n) is 19.9. The van der Waals surface area contributed by atoms with Crippen molar-refractivity contribution in [3.05, 3.63) is 91.0 Å². The molecule has 0 aliphatic rings. The summed E-state index contributed by atoms with van der Waals surface area (Å²) >= 11 is 0. The first kappa shape index (κ1) is 25.5. The van der Waals surface area contributed by atoms with Crippen molar-refractivity contribution in [3.8, 4) is 0 Å². The Kier molecular flexibility index (Phi) is 9.73.